The monoisotopic (exact) mass is 331 g/mol. The first kappa shape index (κ1) is 18.0. The molecule has 1 heterocycles. The maximum absolute atomic E-state index is 12.5. The normalized spacial score (nSPS) is 17.0. The van der Waals surface area contributed by atoms with Gasteiger partial charge in [0.1, 0.15) is 5.60 Å². The largest absolute Gasteiger partial charge is 0.467 e. The van der Waals surface area contributed by atoms with Crippen molar-refractivity contribution in [2.75, 3.05) is 13.7 Å². The molecule has 1 unspecified atom stereocenters. The van der Waals surface area contributed by atoms with Crippen LogP contribution < -0.4 is 0 Å². The average Bonchev–Trinajstić information content (AvgIpc) is 2.52. The fourth-order valence-corrected chi connectivity index (χ4v) is 2.97. The third kappa shape index (κ3) is 3.78. The highest BCUT2D eigenvalue weighted by atomic mass is 16.6. The van der Waals surface area contributed by atoms with Crippen molar-refractivity contribution in [3.63, 3.8) is 0 Å². The summed E-state index contributed by atoms with van der Waals surface area (Å²) in [5.41, 5.74) is 2.40. The minimum atomic E-state index is -0.779. The Kier molecular flexibility index (Phi) is 5.32. The van der Waals surface area contributed by atoms with Crippen molar-refractivity contribution in [1.82, 2.24) is 4.90 Å². The van der Waals surface area contributed by atoms with Gasteiger partial charge < -0.3 is 9.47 Å². The van der Waals surface area contributed by atoms with Gasteiger partial charge in [0.25, 0.3) is 0 Å². The standard InChI is InChI=1S/C19H25NO4/c1-6-8-13-9-7-10-15-14(13)11-12-20(16(15)17(21)23-5)18(22)24-19(2,3)4/h6-7,9-10,16H,1,8,11-12H2,2-5H3. The van der Waals surface area contributed by atoms with Gasteiger partial charge in [-0.2, -0.15) is 0 Å². The fraction of sp³-hybridized carbons (Fsp3) is 0.474. The van der Waals surface area contributed by atoms with Gasteiger partial charge in [0.2, 0.25) is 0 Å². The maximum atomic E-state index is 12.5. The summed E-state index contributed by atoms with van der Waals surface area (Å²) in [6.45, 7) is 9.61. The first-order valence-electron chi connectivity index (χ1n) is 8.07. The van der Waals surface area contributed by atoms with Crippen LogP contribution in [0.3, 0.4) is 0 Å². The van der Waals surface area contributed by atoms with E-state index in [1.54, 1.807) is 20.8 Å². The molecule has 5 heteroatoms. The number of rotatable bonds is 3. The number of hydrogen-bond acceptors (Lipinski definition) is 4. The topological polar surface area (TPSA) is 55.8 Å². The lowest BCUT2D eigenvalue weighted by atomic mass is 9.88. The minimum Gasteiger partial charge on any atom is -0.467 e. The van der Waals surface area contributed by atoms with Crippen molar-refractivity contribution in [3.05, 3.63) is 47.5 Å². The van der Waals surface area contributed by atoms with Gasteiger partial charge in [-0.15, -0.1) is 6.58 Å². The van der Waals surface area contributed by atoms with Crippen LogP contribution in [0.4, 0.5) is 4.79 Å². The molecule has 1 amide bonds. The molecule has 1 aliphatic heterocycles. The first-order valence-corrected chi connectivity index (χ1v) is 8.07. The molecule has 0 aromatic heterocycles. The number of fused-ring (bicyclic) bond motifs is 1. The molecule has 0 saturated carbocycles. The molecule has 5 nitrogen and oxygen atoms in total. The second-order valence-electron chi connectivity index (χ2n) is 6.83. The molecule has 1 atom stereocenters. The molecule has 0 aliphatic carbocycles. The molecule has 0 radical (unpaired) electrons. The number of carbonyl (C=O) groups excluding carboxylic acids is 2. The molecule has 0 fully saturated rings. The predicted octanol–water partition coefficient (Wildman–Crippen LogP) is 3.42. The maximum Gasteiger partial charge on any atom is 0.411 e. The number of ether oxygens (including phenoxy) is 2. The van der Waals surface area contributed by atoms with Crippen LogP contribution in [-0.4, -0.2) is 36.2 Å². The number of benzene rings is 1. The molecule has 0 saturated heterocycles. The van der Waals surface area contributed by atoms with Gasteiger partial charge in [-0.3, -0.25) is 4.90 Å². The summed E-state index contributed by atoms with van der Waals surface area (Å²) >= 11 is 0. The third-order valence-electron chi connectivity index (χ3n) is 3.93. The van der Waals surface area contributed by atoms with E-state index in [1.807, 2.05) is 24.3 Å². The van der Waals surface area contributed by atoms with Crippen molar-refractivity contribution in [2.45, 2.75) is 45.3 Å². The number of esters is 1. The van der Waals surface area contributed by atoms with Crippen LogP contribution in [0.1, 0.15) is 43.5 Å². The summed E-state index contributed by atoms with van der Waals surface area (Å²) in [5, 5.41) is 0. The number of nitrogens with zero attached hydrogens (tertiary/aromatic N) is 1. The molecule has 1 aliphatic rings. The van der Waals surface area contributed by atoms with Gasteiger partial charge in [0.05, 0.1) is 7.11 Å². The molecule has 24 heavy (non-hydrogen) atoms. The highest BCUT2D eigenvalue weighted by Crippen LogP contribution is 2.34. The van der Waals surface area contributed by atoms with Gasteiger partial charge in [-0.05, 0) is 50.3 Å². The second kappa shape index (κ2) is 7.07. The van der Waals surface area contributed by atoms with Crippen LogP contribution in [0.15, 0.2) is 30.9 Å². The van der Waals surface area contributed by atoms with Crippen molar-refractivity contribution >= 4 is 12.1 Å². The van der Waals surface area contributed by atoms with E-state index in [9.17, 15) is 9.59 Å². The van der Waals surface area contributed by atoms with Crippen LogP contribution in [0, 0.1) is 0 Å². The van der Waals surface area contributed by atoms with E-state index >= 15 is 0 Å². The fourth-order valence-electron chi connectivity index (χ4n) is 2.97. The molecule has 2 rings (SSSR count). The second-order valence-corrected chi connectivity index (χ2v) is 6.83. The predicted molar refractivity (Wildman–Crippen MR) is 91.7 cm³/mol. The SMILES string of the molecule is C=CCc1cccc2c1CCN(C(=O)OC(C)(C)C)C2C(=O)OC. The van der Waals surface area contributed by atoms with Crippen molar-refractivity contribution in [2.24, 2.45) is 0 Å². The van der Waals surface area contributed by atoms with Crippen molar-refractivity contribution in [1.29, 1.82) is 0 Å². The summed E-state index contributed by atoms with van der Waals surface area (Å²) < 4.78 is 10.4. The van der Waals surface area contributed by atoms with Gasteiger partial charge in [-0.25, -0.2) is 9.59 Å². The third-order valence-corrected chi connectivity index (χ3v) is 3.93. The van der Waals surface area contributed by atoms with E-state index in [1.165, 1.54) is 12.0 Å². The van der Waals surface area contributed by atoms with Crippen molar-refractivity contribution in [3.8, 4) is 0 Å². The number of amides is 1. The zero-order chi connectivity index (χ0) is 17.9. The van der Waals surface area contributed by atoms with E-state index in [-0.39, 0.29) is 0 Å². The first-order chi connectivity index (χ1) is 11.3. The summed E-state index contributed by atoms with van der Waals surface area (Å²) in [6, 6.07) is 5.02. The Balaban J connectivity index is 2.43. The molecular formula is C19H25NO4. The molecule has 1 aromatic rings. The number of hydrogen-bond donors (Lipinski definition) is 0. The quantitative estimate of drug-likeness (QED) is 0.629. The zero-order valence-electron chi connectivity index (χ0n) is 14.8. The lowest BCUT2D eigenvalue weighted by molar-refractivity contribution is -0.147. The Morgan fingerprint density at radius 2 is 2.08 bits per heavy atom. The molecule has 130 valence electrons. The molecular weight excluding hydrogens is 306 g/mol. The van der Waals surface area contributed by atoms with E-state index in [0.717, 1.165) is 23.1 Å². The summed E-state index contributed by atoms with van der Waals surface area (Å²) in [7, 11) is 1.33. The van der Waals surface area contributed by atoms with Crippen LogP contribution in [0.25, 0.3) is 0 Å². The summed E-state index contributed by atoms with van der Waals surface area (Å²) in [5.74, 6) is -0.461. The Hall–Kier alpha value is -2.30. The van der Waals surface area contributed by atoms with Crippen LogP contribution in [-0.2, 0) is 27.1 Å². The Labute approximate surface area is 143 Å². The van der Waals surface area contributed by atoms with Gasteiger partial charge in [-0.1, -0.05) is 24.3 Å². The number of allylic oxidation sites excluding steroid dienone is 1. The van der Waals surface area contributed by atoms with E-state index in [4.69, 9.17) is 9.47 Å². The highest BCUT2D eigenvalue weighted by Gasteiger charge is 2.39. The molecule has 0 bridgehead atoms. The van der Waals surface area contributed by atoms with E-state index in [0.29, 0.717) is 13.0 Å². The van der Waals surface area contributed by atoms with Gasteiger partial charge in [0, 0.05) is 6.54 Å². The Morgan fingerprint density at radius 1 is 1.38 bits per heavy atom. The minimum absolute atomic E-state index is 0.413. The molecule has 0 spiro atoms. The number of methoxy groups -OCH3 is 1. The van der Waals surface area contributed by atoms with Crippen molar-refractivity contribution < 1.29 is 19.1 Å². The Bertz CT molecular complexity index is 645. The van der Waals surface area contributed by atoms with Gasteiger partial charge in [0.15, 0.2) is 6.04 Å². The smallest absolute Gasteiger partial charge is 0.411 e. The summed E-state index contributed by atoms with van der Waals surface area (Å²) in [6.07, 6.45) is 2.73. The highest BCUT2D eigenvalue weighted by molar-refractivity contribution is 5.84. The van der Waals surface area contributed by atoms with Crippen LogP contribution in [0.5, 0.6) is 0 Å². The molecule has 0 N–H and O–H groups in total. The number of carbonyl (C=O) groups is 2. The van der Waals surface area contributed by atoms with E-state index < -0.39 is 23.7 Å². The lowest BCUT2D eigenvalue weighted by Crippen LogP contribution is -2.46. The Morgan fingerprint density at radius 3 is 2.67 bits per heavy atom. The summed E-state index contributed by atoms with van der Waals surface area (Å²) in [4.78, 5) is 26.4. The zero-order valence-corrected chi connectivity index (χ0v) is 14.8. The average molecular weight is 331 g/mol. The van der Waals surface area contributed by atoms with Crippen LogP contribution in [0.2, 0.25) is 0 Å². The van der Waals surface area contributed by atoms with Gasteiger partial charge >= 0.3 is 12.1 Å². The lowest BCUT2D eigenvalue weighted by Gasteiger charge is -2.37. The van der Waals surface area contributed by atoms with Crippen LogP contribution >= 0.6 is 0 Å². The molecule has 1 aromatic carbocycles. The van der Waals surface area contributed by atoms with E-state index in [2.05, 4.69) is 6.58 Å².